The van der Waals surface area contributed by atoms with Gasteiger partial charge >= 0.3 is 0 Å². The molecule has 0 radical (unpaired) electrons. The lowest BCUT2D eigenvalue weighted by Gasteiger charge is -2.26. The highest BCUT2D eigenvalue weighted by Crippen LogP contribution is 2.32. The lowest BCUT2D eigenvalue weighted by molar-refractivity contribution is 0.599. The van der Waals surface area contributed by atoms with Gasteiger partial charge in [0.1, 0.15) is 5.82 Å². The molecule has 1 aromatic heterocycles. The predicted molar refractivity (Wildman–Crippen MR) is 81.8 cm³/mol. The van der Waals surface area contributed by atoms with Gasteiger partial charge < -0.3 is 11.1 Å². The van der Waals surface area contributed by atoms with Gasteiger partial charge in [0.15, 0.2) is 0 Å². The van der Waals surface area contributed by atoms with Crippen LogP contribution in [-0.2, 0) is 6.54 Å². The Hall–Kier alpha value is -2.07. The first-order valence-electron chi connectivity index (χ1n) is 7.01. The Balaban J connectivity index is 2.30. The van der Waals surface area contributed by atoms with Gasteiger partial charge in [0.05, 0.1) is 0 Å². The Bertz CT molecular complexity index is 674. The van der Waals surface area contributed by atoms with Crippen LogP contribution in [0.3, 0.4) is 0 Å². The predicted octanol–water partition coefficient (Wildman–Crippen LogP) is 2.35. The van der Waals surface area contributed by atoms with Crippen molar-refractivity contribution >= 4 is 5.82 Å². The molecule has 104 valence electrons. The summed E-state index contributed by atoms with van der Waals surface area (Å²) in [5.41, 5.74) is 9.20. The Morgan fingerprint density at radius 1 is 1.30 bits per heavy atom. The molecule has 0 fully saturated rings. The molecule has 3 rings (SSSR count). The van der Waals surface area contributed by atoms with Crippen molar-refractivity contribution in [3.8, 4) is 11.1 Å². The van der Waals surface area contributed by atoms with E-state index in [1.807, 2.05) is 37.3 Å². The summed E-state index contributed by atoms with van der Waals surface area (Å²) in [6.45, 7) is 3.61. The average molecular weight is 269 g/mol. The molecular weight excluding hydrogens is 250 g/mol. The van der Waals surface area contributed by atoms with Crippen LogP contribution in [0.25, 0.3) is 11.1 Å². The average Bonchev–Trinajstić information content (AvgIpc) is 2.47. The van der Waals surface area contributed by atoms with E-state index < -0.39 is 0 Å². The highest BCUT2D eigenvalue weighted by molar-refractivity contribution is 5.73. The van der Waals surface area contributed by atoms with Gasteiger partial charge in [0.25, 0.3) is 5.56 Å². The van der Waals surface area contributed by atoms with Crippen molar-refractivity contribution in [3.63, 3.8) is 0 Å². The van der Waals surface area contributed by atoms with Crippen molar-refractivity contribution < 1.29 is 0 Å². The summed E-state index contributed by atoms with van der Waals surface area (Å²) in [5, 5.41) is 3.35. The highest BCUT2D eigenvalue weighted by atomic mass is 16.1. The third-order valence-electron chi connectivity index (χ3n) is 3.74. The van der Waals surface area contributed by atoms with E-state index in [1.54, 1.807) is 10.6 Å². The van der Waals surface area contributed by atoms with E-state index in [1.165, 1.54) is 0 Å². The maximum absolute atomic E-state index is 12.3. The fourth-order valence-electron chi connectivity index (χ4n) is 2.84. The molecule has 0 spiro atoms. The second-order valence-electron chi connectivity index (χ2n) is 5.25. The second-order valence-corrected chi connectivity index (χ2v) is 5.25. The monoisotopic (exact) mass is 269 g/mol. The van der Waals surface area contributed by atoms with Gasteiger partial charge in [-0.25, -0.2) is 0 Å². The second kappa shape index (κ2) is 5.13. The molecule has 0 bridgehead atoms. The molecule has 0 saturated carbocycles. The molecule has 2 aromatic rings. The molecule has 1 aromatic carbocycles. The van der Waals surface area contributed by atoms with Gasteiger partial charge in [-0.1, -0.05) is 30.3 Å². The lowest BCUT2D eigenvalue weighted by atomic mass is 9.96. The minimum Gasteiger partial charge on any atom is -0.371 e. The third-order valence-corrected chi connectivity index (χ3v) is 3.74. The number of anilines is 1. The van der Waals surface area contributed by atoms with Gasteiger partial charge in [-0.05, 0) is 24.5 Å². The first kappa shape index (κ1) is 12.9. The molecule has 1 atom stereocenters. The topological polar surface area (TPSA) is 60.1 Å². The van der Waals surface area contributed by atoms with Crippen LogP contribution in [0.2, 0.25) is 0 Å². The van der Waals surface area contributed by atoms with E-state index in [9.17, 15) is 4.79 Å². The molecule has 20 heavy (non-hydrogen) atoms. The molecule has 0 saturated heterocycles. The Morgan fingerprint density at radius 3 is 2.75 bits per heavy atom. The van der Waals surface area contributed by atoms with E-state index >= 15 is 0 Å². The number of pyridine rings is 1. The molecule has 0 aliphatic carbocycles. The van der Waals surface area contributed by atoms with Crippen molar-refractivity contribution in [2.75, 3.05) is 11.9 Å². The van der Waals surface area contributed by atoms with Crippen LogP contribution in [0.15, 0.2) is 41.2 Å². The van der Waals surface area contributed by atoms with Crippen LogP contribution in [0.5, 0.6) is 0 Å². The van der Waals surface area contributed by atoms with Crippen molar-refractivity contribution in [2.45, 2.75) is 25.9 Å². The molecular formula is C16H19N3O. The van der Waals surface area contributed by atoms with E-state index in [2.05, 4.69) is 5.32 Å². The molecule has 3 N–H and O–H groups in total. The van der Waals surface area contributed by atoms with Crippen molar-refractivity contribution in [2.24, 2.45) is 5.73 Å². The van der Waals surface area contributed by atoms with Crippen LogP contribution in [0.4, 0.5) is 5.82 Å². The maximum atomic E-state index is 12.3. The Labute approximate surface area is 118 Å². The van der Waals surface area contributed by atoms with E-state index in [0.717, 1.165) is 42.0 Å². The van der Waals surface area contributed by atoms with Gasteiger partial charge in [-0.3, -0.25) is 9.36 Å². The number of hydrogen-bond donors (Lipinski definition) is 2. The van der Waals surface area contributed by atoms with Crippen molar-refractivity contribution in [1.82, 2.24) is 4.57 Å². The van der Waals surface area contributed by atoms with Crippen LogP contribution in [0, 0.1) is 0 Å². The zero-order chi connectivity index (χ0) is 14.1. The van der Waals surface area contributed by atoms with E-state index in [-0.39, 0.29) is 11.6 Å². The smallest absolute Gasteiger partial charge is 0.252 e. The van der Waals surface area contributed by atoms with E-state index in [0.29, 0.717) is 0 Å². The zero-order valence-electron chi connectivity index (χ0n) is 11.6. The number of nitrogens with two attached hydrogens (primary N) is 1. The number of rotatable bonds is 2. The van der Waals surface area contributed by atoms with Crippen molar-refractivity contribution in [1.29, 1.82) is 0 Å². The minimum atomic E-state index is -0.127. The quantitative estimate of drug-likeness (QED) is 0.879. The summed E-state index contributed by atoms with van der Waals surface area (Å²) in [6, 6.07) is 11.5. The Morgan fingerprint density at radius 2 is 2.05 bits per heavy atom. The fraction of sp³-hybridized carbons (Fsp3) is 0.312. The summed E-state index contributed by atoms with van der Waals surface area (Å²) in [4.78, 5) is 12.3. The number of nitrogens with one attached hydrogen (secondary N) is 1. The van der Waals surface area contributed by atoms with Gasteiger partial charge in [-0.2, -0.15) is 0 Å². The number of nitrogens with zero attached hydrogens (tertiary/aromatic N) is 1. The summed E-state index contributed by atoms with van der Waals surface area (Å²) in [5.74, 6) is 0.887. The van der Waals surface area contributed by atoms with Crippen molar-refractivity contribution in [3.05, 3.63) is 52.3 Å². The summed E-state index contributed by atoms with van der Waals surface area (Å²) in [6.07, 6.45) is 0.968. The minimum absolute atomic E-state index is 0.0375. The number of benzene rings is 1. The summed E-state index contributed by atoms with van der Waals surface area (Å²) < 4.78 is 1.80. The number of fused-ring (bicyclic) bond motifs is 1. The number of aromatic nitrogens is 1. The third kappa shape index (κ3) is 2.12. The number of hydrogen-bond acceptors (Lipinski definition) is 3. The Kier molecular flexibility index (Phi) is 3.32. The van der Waals surface area contributed by atoms with Crippen LogP contribution < -0.4 is 16.6 Å². The van der Waals surface area contributed by atoms with Crippen LogP contribution >= 0.6 is 0 Å². The molecule has 0 amide bonds. The van der Waals surface area contributed by atoms with Crippen LogP contribution in [-0.4, -0.2) is 11.1 Å². The molecule has 1 aliphatic rings. The fourth-order valence-corrected chi connectivity index (χ4v) is 2.84. The van der Waals surface area contributed by atoms with Gasteiger partial charge in [0.2, 0.25) is 0 Å². The van der Waals surface area contributed by atoms with Gasteiger partial charge in [-0.15, -0.1) is 0 Å². The highest BCUT2D eigenvalue weighted by Gasteiger charge is 2.21. The molecule has 2 heterocycles. The SMILES string of the molecule is CC(N)c1c(-c2ccccc2)cc(=O)n2c1NCCC2. The lowest BCUT2D eigenvalue weighted by Crippen LogP contribution is -2.31. The van der Waals surface area contributed by atoms with Crippen LogP contribution in [0.1, 0.15) is 24.9 Å². The van der Waals surface area contributed by atoms with E-state index in [4.69, 9.17) is 5.73 Å². The molecule has 4 nitrogen and oxygen atoms in total. The maximum Gasteiger partial charge on any atom is 0.252 e. The first-order valence-corrected chi connectivity index (χ1v) is 7.01. The normalized spacial score (nSPS) is 15.3. The zero-order valence-corrected chi connectivity index (χ0v) is 11.6. The molecule has 1 aliphatic heterocycles. The molecule has 4 heteroatoms. The summed E-state index contributed by atoms with van der Waals surface area (Å²) >= 11 is 0. The molecule has 1 unspecified atom stereocenters. The summed E-state index contributed by atoms with van der Waals surface area (Å²) in [7, 11) is 0. The standard InChI is InChI=1S/C16H19N3O/c1-11(17)15-13(12-6-3-2-4-7-12)10-14(20)19-9-5-8-18-16(15)19/h2-4,6-7,10-11,18H,5,8-9,17H2,1H3. The van der Waals surface area contributed by atoms with Gasteiger partial charge in [0, 0.05) is 30.8 Å². The largest absolute Gasteiger partial charge is 0.371 e. The first-order chi connectivity index (χ1) is 9.68.